The van der Waals surface area contributed by atoms with Crippen molar-refractivity contribution in [2.24, 2.45) is 11.7 Å². The van der Waals surface area contributed by atoms with Gasteiger partial charge in [0.25, 0.3) is 0 Å². The lowest BCUT2D eigenvalue weighted by Crippen LogP contribution is -2.32. The first-order chi connectivity index (χ1) is 7.06. The maximum absolute atomic E-state index is 7.15. The first-order valence-corrected chi connectivity index (χ1v) is 5.60. The van der Waals surface area contributed by atoms with Gasteiger partial charge in [-0.25, -0.2) is 0 Å². The van der Waals surface area contributed by atoms with Gasteiger partial charge < -0.3 is 15.4 Å². The molecule has 0 aromatic carbocycles. The molecule has 0 unspecified atom stereocenters. The minimum atomic E-state index is 0.284. The maximum Gasteiger partial charge on any atom is 0.0905 e. The number of hydrogen-bond acceptors (Lipinski definition) is 3. The lowest BCUT2D eigenvalue weighted by atomic mass is 10.2. The third-order valence-corrected chi connectivity index (χ3v) is 2.16. The van der Waals surface area contributed by atoms with Gasteiger partial charge in [-0.05, 0) is 18.9 Å². The van der Waals surface area contributed by atoms with Crippen LogP contribution in [0.2, 0.25) is 0 Å². The van der Waals surface area contributed by atoms with Gasteiger partial charge in [0.2, 0.25) is 0 Å². The molecule has 0 radical (unpaired) electrons. The zero-order valence-corrected chi connectivity index (χ0v) is 10.3. The summed E-state index contributed by atoms with van der Waals surface area (Å²) in [4.78, 5) is 2.37. The van der Waals surface area contributed by atoms with Crippen LogP contribution >= 0.6 is 0 Å². The second-order valence-electron chi connectivity index (χ2n) is 4.32. The molecular weight excluding hydrogens is 190 g/mol. The largest absolute Gasteiger partial charge is 0.388 e. The Morgan fingerprint density at radius 2 is 2.07 bits per heavy atom. The van der Waals surface area contributed by atoms with Gasteiger partial charge in [-0.3, -0.25) is 5.41 Å². The van der Waals surface area contributed by atoms with Crippen molar-refractivity contribution in [2.75, 3.05) is 33.4 Å². The van der Waals surface area contributed by atoms with Gasteiger partial charge in [0.1, 0.15) is 0 Å². The molecule has 90 valence electrons. The molecule has 4 heteroatoms. The predicted molar refractivity (Wildman–Crippen MR) is 64.3 cm³/mol. The highest BCUT2D eigenvalue weighted by Crippen LogP contribution is 2.01. The monoisotopic (exact) mass is 215 g/mol. The number of ether oxygens (including phenoxy) is 1. The molecule has 0 bridgehead atoms. The fraction of sp³-hybridized carbons (Fsp3) is 0.909. The van der Waals surface area contributed by atoms with E-state index in [2.05, 4.69) is 18.7 Å². The Hall–Kier alpha value is -0.610. The average Bonchev–Trinajstić information content (AvgIpc) is 2.12. The third-order valence-electron chi connectivity index (χ3n) is 2.16. The van der Waals surface area contributed by atoms with E-state index in [1.807, 2.05) is 0 Å². The first-order valence-electron chi connectivity index (χ1n) is 5.60. The minimum Gasteiger partial charge on any atom is -0.388 e. The van der Waals surface area contributed by atoms with Crippen LogP contribution in [0.1, 0.15) is 26.7 Å². The molecule has 3 N–H and O–H groups in total. The lowest BCUT2D eigenvalue weighted by Gasteiger charge is -2.23. The molecule has 0 atom stereocenters. The zero-order valence-electron chi connectivity index (χ0n) is 10.3. The highest BCUT2D eigenvalue weighted by atomic mass is 16.5. The van der Waals surface area contributed by atoms with Gasteiger partial charge in [0, 0.05) is 26.6 Å². The molecule has 0 amide bonds. The summed E-state index contributed by atoms with van der Waals surface area (Å²) < 4.78 is 5.07. The molecule has 0 rings (SSSR count). The Bertz CT molecular complexity index is 171. The van der Waals surface area contributed by atoms with Gasteiger partial charge in [-0.1, -0.05) is 13.8 Å². The summed E-state index contributed by atoms with van der Waals surface area (Å²) in [7, 11) is 1.73. The maximum atomic E-state index is 7.15. The normalized spacial score (nSPS) is 11.3. The fourth-order valence-corrected chi connectivity index (χ4v) is 1.52. The summed E-state index contributed by atoms with van der Waals surface area (Å²) in [6.07, 6.45) is 1.66. The van der Waals surface area contributed by atoms with Gasteiger partial charge in [-0.2, -0.15) is 0 Å². The van der Waals surface area contributed by atoms with Crippen molar-refractivity contribution < 1.29 is 4.74 Å². The topological polar surface area (TPSA) is 62.3 Å². The van der Waals surface area contributed by atoms with Crippen molar-refractivity contribution in [3.05, 3.63) is 0 Å². The Labute approximate surface area is 93.3 Å². The first kappa shape index (κ1) is 14.4. The van der Waals surface area contributed by atoms with E-state index in [-0.39, 0.29) is 5.84 Å². The number of amidine groups is 1. The van der Waals surface area contributed by atoms with E-state index in [1.54, 1.807) is 7.11 Å². The molecule has 0 spiro atoms. The molecule has 0 fully saturated rings. The van der Waals surface area contributed by atoms with Crippen LogP contribution in [-0.2, 0) is 4.74 Å². The molecule has 0 aliphatic rings. The molecule has 4 nitrogen and oxygen atoms in total. The van der Waals surface area contributed by atoms with Crippen LogP contribution in [-0.4, -0.2) is 44.1 Å². The Morgan fingerprint density at radius 3 is 2.53 bits per heavy atom. The molecule has 0 aromatic rings. The van der Waals surface area contributed by atoms with Crippen LogP contribution in [0.5, 0.6) is 0 Å². The van der Waals surface area contributed by atoms with E-state index >= 15 is 0 Å². The number of hydrogen-bond donors (Lipinski definition) is 2. The number of nitrogens with one attached hydrogen (secondary N) is 1. The van der Waals surface area contributed by atoms with Crippen molar-refractivity contribution in [3.8, 4) is 0 Å². The zero-order chi connectivity index (χ0) is 11.7. The number of nitrogens with zero attached hydrogens (tertiary/aromatic N) is 1. The second-order valence-corrected chi connectivity index (χ2v) is 4.32. The van der Waals surface area contributed by atoms with Crippen LogP contribution in [0.25, 0.3) is 0 Å². The summed E-state index contributed by atoms with van der Waals surface area (Å²) in [5, 5.41) is 7.15. The van der Waals surface area contributed by atoms with Crippen LogP contribution < -0.4 is 5.73 Å². The van der Waals surface area contributed by atoms with Crippen molar-refractivity contribution >= 4 is 5.84 Å². The molecule has 15 heavy (non-hydrogen) atoms. The van der Waals surface area contributed by atoms with Crippen molar-refractivity contribution in [2.45, 2.75) is 26.7 Å². The van der Waals surface area contributed by atoms with Gasteiger partial charge >= 0.3 is 0 Å². The van der Waals surface area contributed by atoms with E-state index in [4.69, 9.17) is 15.9 Å². The van der Waals surface area contributed by atoms with Crippen LogP contribution in [0.4, 0.5) is 0 Å². The van der Waals surface area contributed by atoms with Crippen molar-refractivity contribution in [1.29, 1.82) is 5.41 Å². The Morgan fingerprint density at radius 1 is 1.40 bits per heavy atom. The standard InChI is InChI=1S/C11H25N3O/c1-10(2)9-14(7-8-15-3)6-4-5-11(12)13/h10H,4-9H2,1-3H3,(H3,12,13). The molecular formula is C11H25N3O. The van der Waals surface area contributed by atoms with Gasteiger partial charge in [0.15, 0.2) is 0 Å². The molecule has 0 saturated carbocycles. The highest BCUT2D eigenvalue weighted by Gasteiger charge is 2.06. The van der Waals surface area contributed by atoms with Gasteiger partial charge in [-0.15, -0.1) is 0 Å². The van der Waals surface area contributed by atoms with Crippen molar-refractivity contribution in [3.63, 3.8) is 0 Å². The van der Waals surface area contributed by atoms with Crippen LogP contribution in [0, 0.1) is 11.3 Å². The van der Waals surface area contributed by atoms with Crippen LogP contribution in [0.15, 0.2) is 0 Å². The van der Waals surface area contributed by atoms with E-state index < -0.39 is 0 Å². The quantitative estimate of drug-likeness (QED) is 0.450. The highest BCUT2D eigenvalue weighted by molar-refractivity contribution is 5.76. The summed E-state index contributed by atoms with van der Waals surface area (Å²) in [6.45, 7) is 8.25. The summed E-state index contributed by atoms with van der Waals surface area (Å²) in [5.74, 6) is 0.949. The van der Waals surface area contributed by atoms with Crippen LogP contribution in [0.3, 0.4) is 0 Å². The van der Waals surface area contributed by atoms with Crippen molar-refractivity contribution in [1.82, 2.24) is 4.90 Å². The number of rotatable bonds is 9. The summed E-state index contributed by atoms with van der Waals surface area (Å²) >= 11 is 0. The fourth-order valence-electron chi connectivity index (χ4n) is 1.52. The summed E-state index contributed by atoms with van der Waals surface area (Å²) in [6, 6.07) is 0. The predicted octanol–water partition coefficient (Wildman–Crippen LogP) is 1.31. The SMILES string of the molecule is COCCN(CCCC(=N)N)CC(C)C. The van der Waals surface area contributed by atoms with E-state index in [9.17, 15) is 0 Å². The Kier molecular flexibility index (Phi) is 8.33. The summed E-state index contributed by atoms with van der Waals surface area (Å²) in [5.41, 5.74) is 5.32. The minimum absolute atomic E-state index is 0.284. The number of methoxy groups -OCH3 is 1. The van der Waals surface area contributed by atoms with E-state index in [0.717, 1.165) is 32.7 Å². The Balaban J connectivity index is 3.73. The lowest BCUT2D eigenvalue weighted by molar-refractivity contribution is 0.139. The van der Waals surface area contributed by atoms with E-state index in [1.165, 1.54) is 0 Å². The molecule has 0 saturated heterocycles. The van der Waals surface area contributed by atoms with E-state index in [0.29, 0.717) is 12.3 Å². The number of nitrogens with two attached hydrogens (primary N) is 1. The van der Waals surface area contributed by atoms with Gasteiger partial charge in [0.05, 0.1) is 12.4 Å². The smallest absolute Gasteiger partial charge is 0.0905 e. The second kappa shape index (κ2) is 8.68. The molecule has 0 aliphatic heterocycles. The molecule has 0 aromatic heterocycles. The molecule has 0 heterocycles. The third kappa shape index (κ3) is 9.69. The molecule has 0 aliphatic carbocycles. The average molecular weight is 215 g/mol.